The summed E-state index contributed by atoms with van der Waals surface area (Å²) < 4.78 is 0. The maximum atomic E-state index is 5.86. The second-order valence-corrected chi connectivity index (χ2v) is 4.50. The first-order valence-electron chi connectivity index (χ1n) is 6.27. The summed E-state index contributed by atoms with van der Waals surface area (Å²) in [4.78, 5) is 4.30. The lowest BCUT2D eigenvalue weighted by molar-refractivity contribution is 0.922. The summed E-state index contributed by atoms with van der Waals surface area (Å²) >= 11 is 0. The molecule has 0 fully saturated rings. The molecule has 18 heavy (non-hydrogen) atoms. The monoisotopic (exact) mass is 241 g/mol. The highest BCUT2D eigenvalue weighted by molar-refractivity contribution is 5.61. The molecule has 2 aromatic rings. The van der Waals surface area contributed by atoms with Crippen LogP contribution in [0.4, 0.5) is 17.2 Å². The molecule has 94 valence electrons. The molecular weight excluding hydrogens is 222 g/mol. The molecule has 0 aliphatic carbocycles. The molecule has 0 spiro atoms. The number of pyridine rings is 1. The fourth-order valence-corrected chi connectivity index (χ4v) is 1.80. The van der Waals surface area contributed by atoms with E-state index in [4.69, 9.17) is 5.73 Å². The topological polar surface area (TPSA) is 50.9 Å². The molecule has 0 aliphatic rings. The SMILES string of the molecule is CCCc1ccc(Nc2cc(N)c(C)cn2)cc1. The lowest BCUT2D eigenvalue weighted by Crippen LogP contribution is -1.97. The van der Waals surface area contributed by atoms with E-state index < -0.39 is 0 Å². The Labute approximate surface area is 108 Å². The summed E-state index contributed by atoms with van der Waals surface area (Å²) in [6, 6.07) is 10.3. The smallest absolute Gasteiger partial charge is 0.132 e. The van der Waals surface area contributed by atoms with Crippen LogP contribution in [0.5, 0.6) is 0 Å². The van der Waals surface area contributed by atoms with Crippen LogP contribution < -0.4 is 11.1 Å². The molecule has 0 radical (unpaired) electrons. The Morgan fingerprint density at radius 1 is 1.22 bits per heavy atom. The molecule has 2 rings (SSSR count). The average Bonchev–Trinajstić information content (AvgIpc) is 2.37. The van der Waals surface area contributed by atoms with Gasteiger partial charge in [-0.25, -0.2) is 4.98 Å². The van der Waals surface area contributed by atoms with Gasteiger partial charge >= 0.3 is 0 Å². The number of benzene rings is 1. The average molecular weight is 241 g/mol. The quantitative estimate of drug-likeness (QED) is 0.858. The first kappa shape index (κ1) is 12.4. The Kier molecular flexibility index (Phi) is 3.82. The van der Waals surface area contributed by atoms with Gasteiger partial charge in [0.15, 0.2) is 0 Å². The number of nitrogens with zero attached hydrogens (tertiary/aromatic N) is 1. The van der Waals surface area contributed by atoms with Crippen molar-refractivity contribution in [2.24, 2.45) is 0 Å². The third kappa shape index (κ3) is 3.00. The van der Waals surface area contributed by atoms with Crippen molar-refractivity contribution < 1.29 is 0 Å². The van der Waals surface area contributed by atoms with Gasteiger partial charge in [0.1, 0.15) is 5.82 Å². The van der Waals surface area contributed by atoms with Crippen LogP contribution in [0.25, 0.3) is 0 Å². The standard InChI is InChI=1S/C15H19N3/c1-3-4-12-5-7-13(8-6-12)18-15-9-14(16)11(2)10-17-15/h5-10H,3-4H2,1-2H3,(H3,16,17,18). The molecule has 0 bridgehead atoms. The van der Waals surface area contributed by atoms with E-state index in [1.54, 1.807) is 6.20 Å². The number of anilines is 3. The zero-order valence-electron chi connectivity index (χ0n) is 10.9. The van der Waals surface area contributed by atoms with Crippen LogP contribution in [-0.4, -0.2) is 4.98 Å². The Morgan fingerprint density at radius 3 is 2.56 bits per heavy atom. The van der Waals surface area contributed by atoms with Crippen molar-refractivity contribution in [3.05, 3.63) is 47.7 Å². The fourth-order valence-electron chi connectivity index (χ4n) is 1.80. The maximum absolute atomic E-state index is 5.86. The first-order chi connectivity index (χ1) is 8.69. The Bertz CT molecular complexity index is 518. The number of hydrogen-bond donors (Lipinski definition) is 2. The molecule has 0 unspecified atom stereocenters. The van der Waals surface area contributed by atoms with E-state index in [2.05, 4.69) is 41.5 Å². The number of nitrogens with two attached hydrogens (primary N) is 1. The van der Waals surface area contributed by atoms with Crippen LogP contribution in [0.1, 0.15) is 24.5 Å². The summed E-state index contributed by atoms with van der Waals surface area (Å²) in [5.41, 5.74) is 10.0. The predicted molar refractivity (Wildman–Crippen MR) is 77.1 cm³/mol. The Balaban J connectivity index is 2.10. The van der Waals surface area contributed by atoms with Crippen molar-refractivity contribution in [3.63, 3.8) is 0 Å². The van der Waals surface area contributed by atoms with E-state index in [1.165, 1.54) is 12.0 Å². The molecule has 3 heteroatoms. The Hall–Kier alpha value is -2.03. The molecule has 0 amide bonds. The Morgan fingerprint density at radius 2 is 1.94 bits per heavy atom. The lowest BCUT2D eigenvalue weighted by Gasteiger charge is -2.08. The van der Waals surface area contributed by atoms with Crippen LogP contribution in [0.15, 0.2) is 36.5 Å². The summed E-state index contributed by atoms with van der Waals surface area (Å²) in [6.45, 7) is 4.14. The normalized spacial score (nSPS) is 10.3. The van der Waals surface area contributed by atoms with Crippen molar-refractivity contribution in [2.75, 3.05) is 11.1 Å². The van der Waals surface area contributed by atoms with Crippen LogP contribution in [0.3, 0.4) is 0 Å². The highest BCUT2D eigenvalue weighted by atomic mass is 15.0. The van der Waals surface area contributed by atoms with Gasteiger partial charge in [0.2, 0.25) is 0 Å². The highest BCUT2D eigenvalue weighted by Crippen LogP contribution is 2.19. The second kappa shape index (κ2) is 5.54. The van der Waals surface area contributed by atoms with Crippen molar-refractivity contribution in [1.29, 1.82) is 0 Å². The number of aromatic nitrogens is 1. The van der Waals surface area contributed by atoms with Crippen molar-refractivity contribution >= 4 is 17.2 Å². The molecule has 3 N–H and O–H groups in total. The number of nitrogen functional groups attached to an aromatic ring is 1. The van der Waals surface area contributed by atoms with Gasteiger partial charge in [0.05, 0.1) is 0 Å². The van der Waals surface area contributed by atoms with Gasteiger partial charge in [-0.05, 0) is 36.6 Å². The third-order valence-corrected chi connectivity index (χ3v) is 2.91. The molecule has 1 aromatic carbocycles. The van der Waals surface area contributed by atoms with Crippen LogP contribution in [0.2, 0.25) is 0 Å². The summed E-state index contributed by atoms with van der Waals surface area (Å²) in [5, 5.41) is 3.25. The van der Waals surface area contributed by atoms with Crippen molar-refractivity contribution in [2.45, 2.75) is 26.7 Å². The first-order valence-corrected chi connectivity index (χ1v) is 6.27. The van der Waals surface area contributed by atoms with Crippen LogP contribution >= 0.6 is 0 Å². The fraction of sp³-hybridized carbons (Fsp3) is 0.267. The molecule has 0 atom stereocenters. The predicted octanol–water partition coefficient (Wildman–Crippen LogP) is 3.67. The van der Waals surface area contributed by atoms with Crippen LogP contribution in [-0.2, 0) is 6.42 Å². The molecule has 0 aliphatic heterocycles. The van der Waals surface area contributed by atoms with Crippen LogP contribution in [0, 0.1) is 6.92 Å². The van der Waals surface area contributed by atoms with Gasteiger partial charge in [-0.2, -0.15) is 0 Å². The van der Waals surface area contributed by atoms with Crippen molar-refractivity contribution in [1.82, 2.24) is 4.98 Å². The second-order valence-electron chi connectivity index (χ2n) is 4.50. The summed E-state index contributed by atoms with van der Waals surface area (Å²) in [5.74, 6) is 0.779. The van der Waals surface area contributed by atoms with E-state index >= 15 is 0 Å². The molecular formula is C15H19N3. The number of nitrogens with one attached hydrogen (secondary N) is 1. The highest BCUT2D eigenvalue weighted by Gasteiger charge is 1.99. The molecule has 0 saturated heterocycles. The minimum absolute atomic E-state index is 0.759. The van der Waals surface area contributed by atoms with E-state index in [-0.39, 0.29) is 0 Å². The zero-order chi connectivity index (χ0) is 13.0. The van der Waals surface area contributed by atoms with E-state index in [1.807, 2.05) is 13.0 Å². The number of aryl methyl sites for hydroxylation is 2. The van der Waals surface area contributed by atoms with E-state index in [0.717, 1.165) is 29.2 Å². The lowest BCUT2D eigenvalue weighted by atomic mass is 10.1. The van der Waals surface area contributed by atoms with Gasteiger partial charge in [0.25, 0.3) is 0 Å². The van der Waals surface area contributed by atoms with Gasteiger partial charge in [-0.1, -0.05) is 25.5 Å². The third-order valence-electron chi connectivity index (χ3n) is 2.91. The maximum Gasteiger partial charge on any atom is 0.132 e. The van der Waals surface area contributed by atoms with Crippen molar-refractivity contribution in [3.8, 4) is 0 Å². The largest absolute Gasteiger partial charge is 0.398 e. The van der Waals surface area contributed by atoms with E-state index in [0.29, 0.717) is 0 Å². The van der Waals surface area contributed by atoms with E-state index in [9.17, 15) is 0 Å². The van der Waals surface area contributed by atoms with Gasteiger partial charge in [0, 0.05) is 23.6 Å². The van der Waals surface area contributed by atoms with Gasteiger partial charge in [-0.3, -0.25) is 0 Å². The van der Waals surface area contributed by atoms with Gasteiger partial charge in [-0.15, -0.1) is 0 Å². The van der Waals surface area contributed by atoms with Gasteiger partial charge < -0.3 is 11.1 Å². The molecule has 0 saturated carbocycles. The number of hydrogen-bond acceptors (Lipinski definition) is 3. The number of rotatable bonds is 4. The molecule has 3 nitrogen and oxygen atoms in total. The molecule has 1 aromatic heterocycles. The summed E-state index contributed by atoms with van der Waals surface area (Å²) in [6.07, 6.45) is 4.07. The zero-order valence-corrected chi connectivity index (χ0v) is 10.9. The minimum Gasteiger partial charge on any atom is -0.398 e. The summed E-state index contributed by atoms with van der Waals surface area (Å²) in [7, 11) is 0. The minimum atomic E-state index is 0.759. The molecule has 1 heterocycles.